The summed E-state index contributed by atoms with van der Waals surface area (Å²) in [6.45, 7) is 3.21. The van der Waals surface area contributed by atoms with E-state index in [0.29, 0.717) is 16.8 Å². The van der Waals surface area contributed by atoms with E-state index in [2.05, 4.69) is 9.71 Å². The van der Waals surface area contributed by atoms with Crippen molar-refractivity contribution in [3.63, 3.8) is 0 Å². The van der Waals surface area contributed by atoms with E-state index >= 15 is 0 Å². The van der Waals surface area contributed by atoms with Crippen LogP contribution in [0, 0.1) is 0 Å². The summed E-state index contributed by atoms with van der Waals surface area (Å²) < 4.78 is 29.3. The summed E-state index contributed by atoms with van der Waals surface area (Å²) in [7, 11) is -3.97. The highest BCUT2D eigenvalue weighted by Gasteiger charge is 2.26. The standard InChI is InChI=1S/C23H20N2O5S/c1-3-4-8-15(2)31(29,30)25-20-14-21(22(26)19-12-6-5-11-18(19)20)24-17-10-7-9-16(13-17)23(27)28/h3-14,24H,1-2H3,(H,27,28)/b4-3-,15-8+,25-20?. The Bertz CT molecular complexity index is 1280. The molecular formula is C23H20N2O5S. The first-order valence-electron chi connectivity index (χ1n) is 9.33. The van der Waals surface area contributed by atoms with E-state index in [1.54, 1.807) is 55.5 Å². The van der Waals surface area contributed by atoms with Gasteiger partial charge >= 0.3 is 5.97 Å². The third-order valence-corrected chi connectivity index (χ3v) is 5.90. The first kappa shape index (κ1) is 21.9. The lowest BCUT2D eigenvalue weighted by Crippen LogP contribution is -2.22. The number of benzene rings is 2. The molecule has 2 aromatic rings. The minimum Gasteiger partial charge on any atom is -0.478 e. The van der Waals surface area contributed by atoms with Crippen molar-refractivity contribution in [3.8, 4) is 0 Å². The lowest BCUT2D eigenvalue weighted by molar-refractivity contribution is 0.0696. The lowest BCUT2D eigenvalue weighted by Gasteiger charge is -2.19. The number of allylic oxidation sites excluding steroid dienone is 6. The second kappa shape index (κ2) is 8.93. The number of aromatic carboxylic acids is 1. The molecular weight excluding hydrogens is 416 g/mol. The number of hydrogen-bond donors (Lipinski definition) is 2. The molecule has 0 aliphatic heterocycles. The topological polar surface area (TPSA) is 113 Å². The molecule has 8 heteroatoms. The van der Waals surface area contributed by atoms with Crippen molar-refractivity contribution < 1.29 is 23.1 Å². The number of ketones is 1. The first-order chi connectivity index (χ1) is 14.7. The van der Waals surface area contributed by atoms with E-state index in [-0.39, 0.29) is 27.7 Å². The first-order valence-corrected chi connectivity index (χ1v) is 10.8. The molecule has 1 aliphatic carbocycles. The van der Waals surface area contributed by atoms with Gasteiger partial charge in [0.2, 0.25) is 5.78 Å². The minimum atomic E-state index is -3.97. The number of hydrogen-bond acceptors (Lipinski definition) is 5. The Balaban J connectivity index is 2.09. The SMILES string of the molecule is C/C=C\C=C(/C)S(=O)(=O)N=C1C=C(Nc2cccc(C(=O)O)c2)C(=O)c2ccccc21. The van der Waals surface area contributed by atoms with E-state index in [1.807, 2.05) is 0 Å². The fourth-order valence-electron chi connectivity index (χ4n) is 2.90. The number of carbonyl (C=O) groups is 2. The van der Waals surface area contributed by atoms with Crippen LogP contribution in [0.5, 0.6) is 0 Å². The molecule has 7 nitrogen and oxygen atoms in total. The zero-order valence-electron chi connectivity index (χ0n) is 16.9. The molecule has 0 spiro atoms. The van der Waals surface area contributed by atoms with Crippen molar-refractivity contribution in [2.75, 3.05) is 5.32 Å². The maximum atomic E-state index is 13.0. The summed E-state index contributed by atoms with van der Waals surface area (Å²) in [5, 5.41) is 12.1. The molecule has 0 aromatic heterocycles. The fourth-order valence-corrected chi connectivity index (χ4v) is 3.71. The van der Waals surface area contributed by atoms with Crippen LogP contribution in [0.1, 0.15) is 40.1 Å². The van der Waals surface area contributed by atoms with Crippen molar-refractivity contribution in [2.24, 2.45) is 4.40 Å². The van der Waals surface area contributed by atoms with Crippen molar-refractivity contribution in [2.45, 2.75) is 13.8 Å². The van der Waals surface area contributed by atoms with E-state index in [1.165, 1.54) is 31.2 Å². The number of rotatable bonds is 6. The molecule has 0 radical (unpaired) electrons. The maximum Gasteiger partial charge on any atom is 0.335 e. The van der Waals surface area contributed by atoms with E-state index in [0.717, 1.165) is 0 Å². The Kier molecular flexibility index (Phi) is 6.31. The zero-order chi connectivity index (χ0) is 22.6. The molecule has 0 heterocycles. The summed E-state index contributed by atoms with van der Waals surface area (Å²) in [4.78, 5) is 24.2. The molecule has 0 atom stereocenters. The summed E-state index contributed by atoms with van der Waals surface area (Å²) in [5.74, 6) is -1.46. The van der Waals surface area contributed by atoms with Gasteiger partial charge in [0.1, 0.15) is 0 Å². The van der Waals surface area contributed by atoms with Gasteiger partial charge in [-0.3, -0.25) is 4.79 Å². The van der Waals surface area contributed by atoms with Crippen LogP contribution in [0.4, 0.5) is 5.69 Å². The Morgan fingerprint density at radius 1 is 1.10 bits per heavy atom. The number of anilines is 1. The van der Waals surface area contributed by atoms with Gasteiger partial charge in [-0.2, -0.15) is 12.8 Å². The second-order valence-electron chi connectivity index (χ2n) is 6.70. The van der Waals surface area contributed by atoms with Gasteiger partial charge in [-0.25, -0.2) is 4.79 Å². The average Bonchev–Trinajstić information content (AvgIpc) is 2.75. The number of nitrogens with zero attached hydrogens (tertiary/aromatic N) is 1. The van der Waals surface area contributed by atoms with Gasteiger partial charge in [0.05, 0.1) is 21.9 Å². The van der Waals surface area contributed by atoms with Gasteiger partial charge in [0.15, 0.2) is 0 Å². The molecule has 0 unspecified atom stereocenters. The normalized spacial score (nSPS) is 15.7. The van der Waals surface area contributed by atoms with E-state index in [9.17, 15) is 23.1 Å². The van der Waals surface area contributed by atoms with Gasteiger partial charge in [-0.15, -0.1) is 0 Å². The zero-order valence-corrected chi connectivity index (χ0v) is 17.7. The summed E-state index contributed by atoms with van der Waals surface area (Å²) in [6.07, 6.45) is 6.11. The molecule has 1 aliphatic rings. The smallest absolute Gasteiger partial charge is 0.335 e. The summed E-state index contributed by atoms with van der Waals surface area (Å²) >= 11 is 0. The third kappa shape index (κ3) is 4.87. The average molecular weight is 436 g/mol. The van der Waals surface area contributed by atoms with E-state index < -0.39 is 16.0 Å². The van der Waals surface area contributed by atoms with Gasteiger partial charge in [0, 0.05) is 16.8 Å². The van der Waals surface area contributed by atoms with Crippen molar-refractivity contribution in [1.29, 1.82) is 0 Å². The summed E-state index contributed by atoms with van der Waals surface area (Å²) in [6, 6.07) is 12.6. The lowest BCUT2D eigenvalue weighted by atomic mass is 9.92. The number of carbonyl (C=O) groups excluding carboxylic acids is 1. The number of nitrogens with one attached hydrogen (secondary N) is 1. The van der Waals surface area contributed by atoms with Crippen molar-refractivity contribution in [1.82, 2.24) is 0 Å². The molecule has 158 valence electrons. The quantitative estimate of drug-likeness (QED) is 0.657. The second-order valence-corrected chi connectivity index (χ2v) is 8.48. The number of sulfonamides is 1. The highest BCUT2D eigenvalue weighted by atomic mass is 32.2. The van der Waals surface area contributed by atoms with Crippen LogP contribution >= 0.6 is 0 Å². The van der Waals surface area contributed by atoms with Crippen LogP contribution in [-0.2, 0) is 10.0 Å². The van der Waals surface area contributed by atoms with Gasteiger partial charge in [0.25, 0.3) is 10.0 Å². The maximum absolute atomic E-state index is 13.0. The number of Topliss-reactive ketones (excluding diaryl/α,β-unsaturated/α-hetero) is 1. The number of fused-ring (bicyclic) bond motifs is 1. The largest absolute Gasteiger partial charge is 0.478 e. The Labute approximate surface area is 180 Å². The van der Waals surface area contributed by atoms with Gasteiger partial charge in [-0.1, -0.05) is 42.5 Å². The highest BCUT2D eigenvalue weighted by Crippen LogP contribution is 2.25. The van der Waals surface area contributed by atoms with Crippen LogP contribution in [0.3, 0.4) is 0 Å². The van der Waals surface area contributed by atoms with Crippen molar-refractivity contribution in [3.05, 3.63) is 100 Å². The van der Waals surface area contributed by atoms with Crippen LogP contribution < -0.4 is 5.32 Å². The van der Waals surface area contributed by atoms with E-state index in [4.69, 9.17) is 0 Å². The van der Waals surface area contributed by atoms with Gasteiger partial charge < -0.3 is 10.4 Å². The predicted octanol–water partition coefficient (Wildman–Crippen LogP) is 4.18. The Hall–Kier alpha value is -3.78. The number of carboxylic acids is 1. The molecule has 3 rings (SSSR count). The molecule has 2 aromatic carbocycles. The third-order valence-electron chi connectivity index (χ3n) is 4.51. The van der Waals surface area contributed by atoms with Crippen LogP contribution in [-0.4, -0.2) is 31.0 Å². The molecule has 0 fully saturated rings. The highest BCUT2D eigenvalue weighted by molar-refractivity contribution is 7.94. The monoisotopic (exact) mass is 436 g/mol. The van der Waals surface area contributed by atoms with Crippen LogP contribution in [0.2, 0.25) is 0 Å². The molecule has 2 N–H and O–H groups in total. The molecule has 0 saturated carbocycles. The molecule has 0 bridgehead atoms. The Morgan fingerprint density at radius 3 is 2.48 bits per heavy atom. The summed E-state index contributed by atoms with van der Waals surface area (Å²) in [5.41, 5.74) is 1.33. The molecule has 31 heavy (non-hydrogen) atoms. The van der Waals surface area contributed by atoms with Crippen LogP contribution in [0.25, 0.3) is 0 Å². The molecule has 0 amide bonds. The number of carboxylic acid groups (broad SMARTS) is 1. The van der Waals surface area contributed by atoms with Crippen LogP contribution in [0.15, 0.2) is 87.8 Å². The Morgan fingerprint density at radius 2 is 1.81 bits per heavy atom. The fraction of sp³-hybridized carbons (Fsp3) is 0.0870. The predicted molar refractivity (Wildman–Crippen MR) is 120 cm³/mol. The van der Waals surface area contributed by atoms with Gasteiger partial charge in [-0.05, 0) is 44.2 Å². The van der Waals surface area contributed by atoms with Crippen molar-refractivity contribution >= 4 is 33.2 Å². The minimum absolute atomic E-state index is 0.0514. The molecule has 0 saturated heterocycles.